The Morgan fingerprint density at radius 2 is 2.12 bits per heavy atom. The number of nitrogens with zero attached hydrogens (tertiary/aromatic N) is 1. The molecular formula is C17H27BrNO6P. The zero-order chi connectivity index (χ0) is 19.7. The van der Waals surface area contributed by atoms with Gasteiger partial charge in [-0.2, -0.15) is 0 Å². The zero-order valence-corrected chi connectivity index (χ0v) is 18.3. The minimum atomic E-state index is -2.76. The SMILES string of the molecule is CCOP(C)(=O)CCC1(C)C(OC)Cn2cc(Br)c(=O)c(OC)c2C1O. The molecule has 0 saturated carbocycles. The van der Waals surface area contributed by atoms with Gasteiger partial charge in [-0.05, 0) is 29.3 Å². The molecule has 0 saturated heterocycles. The van der Waals surface area contributed by atoms with Crippen LogP contribution in [0.25, 0.3) is 0 Å². The van der Waals surface area contributed by atoms with Gasteiger partial charge in [0, 0.05) is 38.1 Å². The molecule has 0 fully saturated rings. The summed E-state index contributed by atoms with van der Waals surface area (Å²) >= 11 is 3.24. The number of hydrogen-bond donors (Lipinski definition) is 1. The summed E-state index contributed by atoms with van der Waals surface area (Å²) in [7, 11) is 0.236. The van der Waals surface area contributed by atoms with Crippen LogP contribution in [0.4, 0.5) is 0 Å². The molecule has 1 aliphatic heterocycles. The molecule has 0 aliphatic carbocycles. The molecule has 0 radical (unpaired) electrons. The van der Waals surface area contributed by atoms with E-state index >= 15 is 0 Å². The Morgan fingerprint density at radius 1 is 1.46 bits per heavy atom. The minimum absolute atomic E-state index is 0.108. The van der Waals surface area contributed by atoms with E-state index in [1.54, 1.807) is 31.5 Å². The topological polar surface area (TPSA) is 87.0 Å². The van der Waals surface area contributed by atoms with Gasteiger partial charge >= 0.3 is 0 Å². The van der Waals surface area contributed by atoms with E-state index in [9.17, 15) is 14.5 Å². The lowest BCUT2D eigenvalue weighted by molar-refractivity contribution is -0.109. The number of pyridine rings is 1. The van der Waals surface area contributed by atoms with Crippen molar-refractivity contribution >= 4 is 23.3 Å². The molecule has 0 aromatic carbocycles. The first kappa shape index (κ1) is 21.6. The summed E-state index contributed by atoms with van der Waals surface area (Å²) in [5, 5.41) is 11.2. The fourth-order valence-corrected chi connectivity index (χ4v) is 5.54. The molecule has 0 amide bonds. The highest BCUT2D eigenvalue weighted by molar-refractivity contribution is 9.10. The Labute approximate surface area is 162 Å². The molecule has 1 aliphatic rings. The minimum Gasteiger partial charge on any atom is -0.491 e. The van der Waals surface area contributed by atoms with Crippen LogP contribution in [0.5, 0.6) is 5.75 Å². The van der Waals surface area contributed by atoms with Gasteiger partial charge < -0.3 is 23.7 Å². The maximum absolute atomic E-state index is 12.5. The van der Waals surface area contributed by atoms with Gasteiger partial charge in [-0.25, -0.2) is 0 Å². The molecule has 4 unspecified atom stereocenters. The third-order valence-corrected chi connectivity index (χ3v) is 7.57. The number of aliphatic hydroxyl groups excluding tert-OH is 1. The summed E-state index contributed by atoms with van der Waals surface area (Å²) in [5.74, 6) is 0.108. The quantitative estimate of drug-likeness (QED) is 0.641. The van der Waals surface area contributed by atoms with Gasteiger partial charge in [0.15, 0.2) is 13.1 Å². The van der Waals surface area contributed by atoms with Crippen LogP contribution in [-0.4, -0.2) is 49.4 Å². The molecule has 26 heavy (non-hydrogen) atoms. The second-order valence-corrected chi connectivity index (χ2v) is 10.5. The largest absolute Gasteiger partial charge is 0.491 e. The molecule has 9 heteroatoms. The standard InChI is InChI=1S/C17H27BrNO6P/c1-6-25-26(5,22)8-7-17(2)12(23-3)10-19-9-11(18)14(20)15(24-4)13(19)16(17)21/h9,12,16,21H,6-8,10H2,1-5H3. The van der Waals surface area contributed by atoms with Crippen molar-refractivity contribution in [3.63, 3.8) is 0 Å². The molecule has 1 aromatic heterocycles. The van der Waals surface area contributed by atoms with Crippen LogP contribution in [0.15, 0.2) is 15.5 Å². The number of methoxy groups -OCH3 is 2. The summed E-state index contributed by atoms with van der Waals surface area (Å²) in [4.78, 5) is 12.4. The molecule has 1 aromatic rings. The van der Waals surface area contributed by atoms with Gasteiger partial charge in [0.05, 0.1) is 30.0 Å². The van der Waals surface area contributed by atoms with Crippen LogP contribution >= 0.6 is 23.3 Å². The lowest BCUT2D eigenvalue weighted by Gasteiger charge is -2.46. The first-order valence-electron chi connectivity index (χ1n) is 8.50. The molecule has 148 valence electrons. The second-order valence-electron chi connectivity index (χ2n) is 6.92. The van der Waals surface area contributed by atoms with Crippen molar-refractivity contribution in [1.82, 2.24) is 4.57 Å². The maximum atomic E-state index is 12.5. The van der Waals surface area contributed by atoms with E-state index in [0.717, 1.165) is 0 Å². The summed E-state index contributed by atoms with van der Waals surface area (Å²) in [5.41, 5.74) is -0.643. The third kappa shape index (κ3) is 3.94. The summed E-state index contributed by atoms with van der Waals surface area (Å²) < 4.78 is 31.0. The van der Waals surface area contributed by atoms with Crippen molar-refractivity contribution in [3.8, 4) is 5.75 Å². The van der Waals surface area contributed by atoms with E-state index in [1.807, 2.05) is 6.92 Å². The summed E-state index contributed by atoms with van der Waals surface area (Å²) in [6.07, 6.45) is 1.04. The third-order valence-electron chi connectivity index (χ3n) is 5.16. The normalized spacial score (nSPS) is 27.7. The number of rotatable bonds is 7. The molecule has 7 nitrogen and oxygen atoms in total. The number of hydrogen-bond acceptors (Lipinski definition) is 6. The second kappa shape index (κ2) is 8.15. The number of ether oxygens (including phenoxy) is 2. The molecule has 0 spiro atoms. The van der Waals surface area contributed by atoms with Crippen molar-refractivity contribution in [2.24, 2.45) is 5.41 Å². The first-order valence-corrected chi connectivity index (χ1v) is 11.5. The highest BCUT2D eigenvalue weighted by atomic mass is 79.9. The van der Waals surface area contributed by atoms with Crippen LogP contribution < -0.4 is 10.2 Å². The van der Waals surface area contributed by atoms with Crippen molar-refractivity contribution < 1.29 is 23.7 Å². The molecule has 4 atom stereocenters. The van der Waals surface area contributed by atoms with Gasteiger partial charge in [0.1, 0.15) is 6.10 Å². The van der Waals surface area contributed by atoms with Gasteiger partial charge in [-0.3, -0.25) is 9.36 Å². The fraction of sp³-hybridized carbons (Fsp3) is 0.706. The van der Waals surface area contributed by atoms with E-state index in [-0.39, 0.29) is 17.3 Å². The Kier molecular flexibility index (Phi) is 6.78. The van der Waals surface area contributed by atoms with Crippen molar-refractivity contribution in [3.05, 3.63) is 26.6 Å². The van der Waals surface area contributed by atoms with Crippen LogP contribution in [0.1, 0.15) is 32.1 Å². The Balaban J connectivity index is 2.48. The van der Waals surface area contributed by atoms with Crippen LogP contribution in [0.2, 0.25) is 0 Å². The zero-order valence-electron chi connectivity index (χ0n) is 15.8. The van der Waals surface area contributed by atoms with E-state index in [1.165, 1.54) is 7.11 Å². The van der Waals surface area contributed by atoms with Gasteiger partial charge in [0.2, 0.25) is 5.43 Å². The predicted octanol–water partition coefficient (Wildman–Crippen LogP) is 3.02. The smallest absolute Gasteiger partial charge is 0.237 e. The summed E-state index contributed by atoms with van der Waals surface area (Å²) in [6, 6.07) is 0. The Morgan fingerprint density at radius 3 is 2.65 bits per heavy atom. The Hall–Kier alpha value is -0.660. The average molecular weight is 452 g/mol. The fourth-order valence-electron chi connectivity index (χ4n) is 3.55. The van der Waals surface area contributed by atoms with Crippen molar-refractivity contribution in [2.75, 3.05) is 33.7 Å². The van der Waals surface area contributed by atoms with E-state index < -0.39 is 18.9 Å². The molecule has 2 heterocycles. The predicted molar refractivity (Wildman–Crippen MR) is 103 cm³/mol. The lowest BCUT2D eigenvalue weighted by Crippen LogP contribution is -2.48. The number of aliphatic hydroxyl groups is 1. The van der Waals surface area contributed by atoms with E-state index in [4.69, 9.17) is 14.0 Å². The average Bonchev–Trinajstić information content (AvgIpc) is 2.58. The highest BCUT2D eigenvalue weighted by Crippen LogP contribution is 2.52. The lowest BCUT2D eigenvalue weighted by atomic mass is 9.72. The van der Waals surface area contributed by atoms with Gasteiger partial charge in [-0.15, -0.1) is 0 Å². The van der Waals surface area contributed by atoms with Gasteiger partial charge in [0.25, 0.3) is 0 Å². The maximum Gasteiger partial charge on any atom is 0.237 e. The van der Waals surface area contributed by atoms with Crippen LogP contribution in [0.3, 0.4) is 0 Å². The number of aromatic nitrogens is 1. The van der Waals surface area contributed by atoms with Crippen molar-refractivity contribution in [2.45, 2.75) is 39.0 Å². The molecular weight excluding hydrogens is 425 g/mol. The monoisotopic (exact) mass is 451 g/mol. The van der Waals surface area contributed by atoms with Crippen LogP contribution in [0, 0.1) is 5.41 Å². The van der Waals surface area contributed by atoms with Gasteiger partial charge in [-0.1, -0.05) is 6.92 Å². The van der Waals surface area contributed by atoms with E-state index in [2.05, 4.69) is 15.9 Å². The Bertz CT molecular complexity index is 766. The first-order chi connectivity index (χ1) is 12.1. The number of halogens is 1. The van der Waals surface area contributed by atoms with Crippen LogP contribution in [-0.2, 0) is 20.4 Å². The number of fused-ring (bicyclic) bond motifs is 1. The summed E-state index contributed by atoms with van der Waals surface area (Å²) in [6.45, 7) is 6.11. The van der Waals surface area contributed by atoms with E-state index in [0.29, 0.717) is 35.9 Å². The molecule has 2 rings (SSSR count). The molecule has 0 bridgehead atoms. The molecule has 1 N–H and O–H groups in total. The van der Waals surface area contributed by atoms with Crippen molar-refractivity contribution in [1.29, 1.82) is 0 Å². The highest BCUT2D eigenvalue weighted by Gasteiger charge is 2.48.